The van der Waals surface area contributed by atoms with Crippen molar-refractivity contribution in [3.63, 3.8) is 0 Å². The highest BCUT2D eigenvalue weighted by Crippen LogP contribution is 2.33. The van der Waals surface area contributed by atoms with E-state index in [0.717, 1.165) is 0 Å². The Labute approximate surface area is 110 Å². The molecule has 19 heavy (non-hydrogen) atoms. The van der Waals surface area contributed by atoms with Gasteiger partial charge in [-0.2, -0.15) is 0 Å². The first kappa shape index (κ1) is 13.1. The number of rotatable bonds is 3. The molecule has 0 aromatic carbocycles. The number of aromatic nitrogens is 1. The maximum atomic E-state index is 11.4. The molecule has 2 rings (SSSR count). The highest BCUT2D eigenvalue weighted by atomic mass is 16.1. The van der Waals surface area contributed by atoms with Crippen molar-refractivity contribution in [2.24, 2.45) is 16.9 Å². The fraction of sp³-hybridized carbons (Fsp3) is 0.417. The van der Waals surface area contributed by atoms with Gasteiger partial charge < -0.3 is 22.1 Å². The van der Waals surface area contributed by atoms with Crippen LogP contribution in [0.25, 0.3) is 0 Å². The van der Waals surface area contributed by atoms with Crippen molar-refractivity contribution < 1.29 is 9.59 Å². The van der Waals surface area contributed by atoms with E-state index in [1.54, 1.807) is 6.92 Å². The van der Waals surface area contributed by atoms with Gasteiger partial charge in [-0.05, 0) is 19.4 Å². The normalized spacial score (nSPS) is 22.5. The fourth-order valence-electron chi connectivity index (χ4n) is 2.25. The number of anilines is 2. The largest absolute Gasteiger partial charge is 0.397 e. The molecule has 1 aromatic rings. The quantitative estimate of drug-likeness (QED) is 0.675. The number of hydrogen-bond acceptors (Lipinski definition) is 5. The first-order valence-corrected chi connectivity index (χ1v) is 5.94. The molecule has 1 aromatic heterocycles. The molecule has 1 aliphatic heterocycles. The average molecular weight is 263 g/mol. The third-order valence-corrected chi connectivity index (χ3v) is 3.52. The van der Waals surface area contributed by atoms with Gasteiger partial charge in [0.1, 0.15) is 5.82 Å². The number of primary amides is 2. The molecule has 0 saturated carbocycles. The number of carbonyl (C=O) groups excluding carboxylic acids is 2. The number of carbonyl (C=O) groups is 2. The highest BCUT2D eigenvalue weighted by Gasteiger charge is 2.40. The maximum absolute atomic E-state index is 11.4. The van der Waals surface area contributed by atoms with E-state index in [1.165, 1.54) is 12.3 Å². The molecule has 0 bridgehead atoms. The van der Waals surface area contributed by atoms with E-state index in [2.05, 4.69) is 4.98 Å². The lowest BCUT2D eigenvalue weighted by atomic mass is 9.89. The van der Waals surface area contributed by atoms with Gasteiger partial charge >= 0.3 is 0 Å². The zero-order chi connectivity index (χ0) is 14.2. The van der Waals surface area contributed by atoms with Gasteiger partial charge in [-0.3, -0.25) is 9.59 Å². The number of nitrogen functional groups attached to an aromatic ring is 1. The van der Waals surface area contributed by atoms with Crippen LogP contribution in [0.1, 0.15) is 23.7 Å². The molecule has 2 amide bonds. The molecular weight excluding hydrogens is 246 g/mol. The first-order valence-electron chi connectivity index (χ1n) is 5.94. The van der Waals surface area contributed by atoms with E-state index in [1.807, 2.05) is 4.90 Å². The Balaban J connectivity index is 2.34. The second kappa shape index (κ2) is 4.42. The topological polar surface area (TPSA) is 128 Å². The molecule has 7 nitrogen and oxygen atoms in total. The average Bonchev–Trinajstić information content (AvgIpc) is 2.73. The number of nitrogens with zero attached hydrogens (tertiary/aromatic N) is 2. The van der Waals surface area contributed by atoms with E-state index in [0.29, 0.717) is 31.0 Å². The summed E-state index contributed by atoms with van der Waals surface area (Å²) in [6.45, 7) is 2.81. The summed E-state index contributed by atoms with van der Waals surface area (Å²) >= 11 is 0. The zero-order valence-corrected chi connectivity index (χ0v) is 10.7. The summed E-state index contributed by atoms with van der Waals surface area (Å²) in [6, 6.07) is 1.49. The standard InChI is InChI=1S/C12H17N5O2/c1-12(11(15)19)2-3-17(6-12)10-8(9(14)18)4-7(13)5-16-10/h4-5H,2-3,6,13H2,1H3,(H2,14,18)(H2,15,19). The molecule has 1 unspecified atom stereocenters. The SMILES string of the molecule is CC1(C(N)=O)CCN(c2ncc(N)cc2C(N)=O)C1. The third-order valence-electron chi connectivity index (χ3n) is 3.52. The minimum atomic E-state index is -0.613. The lowest BCUT2D eigenvalue weighted by Crippen LogP contribution is -2.37. The predicted molar refractivity (Wildman–Crippen MR) is 71.3 cm³/mol. The monoisotopic (exact) mass is 263 g/mol. The predicted octanol–water partition coefficient (Wildman–Crippen LogP) is -0.536. The van der Waals surface area contributed by atoms with Crippen LogP contribution in [0, 0.1) is 5.41 Å². The van der Waals surface area contributed by atoms with Gasteiger partial charge in [0.25, 0.3) is 5.91 Å². The van der Waals surface area contributed by atoms with Gasteiger partial charge in [0.15, 0.2) is 0 Å². The summed E-state index contributed by atoms with van der Waals surface area (Å²) < 4.78 is 0. The second-order valence-corrected chi connectivity index (χ2v) is 5.10. The molecule has 102 valence electrons. The molecule has 1 saturated heterocycles. The summed E-state index contributed by atoms with van der Waals surface area (Å²) in [4.78, 5) is 28.9. The minimum Gasteiger partial charge on any atom is -0.397 e. The van der Waals surface area contributed by atoms with Crippen LogP contribution in [-0.2, 0) is 4.79 Å². The van der Waals surface area contributed by atoms with Crippen molar-refractivity contribution >= 4 is 23.3 Å². The van der Waals surface area contributed by atoms with Crippen molar-refractivity contribution in [3.05, 3.63) is 17.8 Å². The van der Waals surface area contributed by atoms with Crippen molar-refractivity contribution in [1.82, 2.24) is 4.98 Å². The van der Waals surface area contributed by atoms with Gasteiger partial charge in [-0.1, -0.05) is 0 Å². The Morgan fingerprint density at radius 3 is 2.63 bits per heavy atom. The minimum absolute atomic E-state index is 0.258. The lowest BCUT2D eigenvalue weighted by Gasteiger charge is -2.23. The molecule has 2 heterocycles. The van der Waals surface area contributed by atoms with Crippen molar-refractivity contribution in [3.8, 4) is 0 Å². The summed E-state index contributed by atoms with van der Waals surface area (Å²) in [5, 5.41) is 0. The van der Waals surface area contributed by atoms with E-state index in [-0.39, 0.29) is 11.5 Å². The second-order valence-electron chi connectivity index (χ2n) is 5.10. The van der Waals surface area contributed by atoms with Crippen LogP contribution in [0.4, 0.5) is 11.5 Å². The van der Waals surface area contributed by atoms with Gasteiger partial charge in [0, 0.05) is 13.1 Å². The van der Waals surface area contributed by atoms with Crippen molar-refractivity contribution in [2.75, 3.05) is 23.7 Å². The summed E-state index contributed by atoms with van der Waals surface area (Å²) in [5.74, 6) is -0.500. The molecule has 0 radical (unpaired) electrons. The number of nitrogens with two attached hydrogens (primary N) is 3. The molecule has 0 spiro atoms. The van der Waals surface area contributed by atoms with Gasteiger partial charge in [0.2, 0.25) is 5.91 Å². The number of pyridine rings is 1. The number of amides is 2. The van der Waals surface area contributed by atoms with E-state index < -0.39 is 11.3 Å². The van der Waals surface area contributed by atoms with Crippen LogP contribution < -0.4 is 22.1 Å². The Hall–Kier alpha value is -2.31. The van der Waals surface area contributed by atoms with Crippen LogP contribution in [0.15, 0.2) is 12.3 Å². The zero-order valence-electron chi connectivity index (χ0n) is 10.7. The van der Waals surface area contributed by atoms with Crippen LogP contribution in [0.3, 0.4) is 0 Å². The van der Waals surface area contributed by atoms with Crippen LogP contribution in [-0.4, -0.2) is 29.9 Å². The van der Waals surface area contributed by atoms with E-state index in [9.17, 15) is 9.59 Å². The third kappa shape index (κ3) is 2.31. The Bertz CT molecular complexity index is 545. The molecular formula is C12H17N5O2. The summed E-state index contributed by atoms with van der Waals surface area (Å²) in [6.07, 6.45) is 2.08. The molecule has 1 atom stereocenters. The molecule has 7 heteroatoms. The first-order chi connectivity index (χ1) is 8.83. The van der Waals surface area contributed by atoms with Gasteiger partial charge in [0.05, 0.1) is 22.9 Å². The van der Waals surface area contributed by atoms with Gasteiger partial charge in [-0.25, -0.2) is 4.98 Å². The molecule has 1 aliphatic rings. The number of hydrogen-bond donors (Lipinski definition) is 3. The smallest absolute Gasteiger partial charge is 0.252 e. The summed E-state index contributed by atoms with van der Waals surface area (Å²) in [5.41, 5.74) is 16.3. The molecule has 6 N–H and O–H groups in total. The van der Waals surface area contributed by atoms with Crippen LogP contribution in [0.5, 0.6) is 0 Å². The lowest BCUT2D eigenvalue weighted by molar-refractivity contribution is -0.125. The highest BCUT2D eigenvalue weighted by molar-refractivity contribution is 5.98. The van der Waals surface area contributed by atoms with E-state index >= 15 is 0 Å². The van der Waals surface area contributed by atoms with Crippen LogP contribution in [0.2, 0.25) is 0 Å². The Kier molecular flexibility index (Phi) is 3.05. The Morgan fingerprint density at radius 2 is 2.11 bits per heavy atom. The van der Waals surface area contributed by atoms with Crippen molar-refractivity contribution in [1.29, 1.82) is 0 Å². The van der Waals surface area contributed by atoms with E-state index in [4.69, 9.17) is 17.2 Å². The maximum Gasteiger partial charge on any atom is 0.252 e. The van der Waals surface area contributed by atoms with Crippen molar-refractivity contribution in [2.45, 2.75) is 13.3 Å². The fourth-order valence-corrected chi connectivity index (χ4v) is 2.25. The van der Waals surface area contributed by atoms with Gasteiger partial charge in [-0.15, -0.1) is 0 Å². The summed E-state index contributed by atoms with van der Waals surface area (Å²) in [7, 11) is 0. The molecule has 0 aliphatic carbocycles. The van der Waals surface area contributed by atoms with Crippen LogP contribution >= 0.6 is 0 Å². The molecule has 1 fully saturated rings. The Morgan fingerprint density at radius 1 is 1.42 bits per heavy atom.